The van der Waals surface area contributed by atoms with Crippen molar-refractivity contribution in [2.45, 2.75) is 129 Å². The highest BCUT2D eigenvalue weighted by Crippen LogP contribution is 2.70. The quantitative estimate of drug-likeness (QED) is 0.227. The summed E-state index contributed by atoms with van der Waals surface area (Å²) in [5.74, 6) is 0.0248. The molecule has 0 amide bonds. The third-order valence-electron chi connectivity index (χ3n) is 12.1. The second-order valence-electron chi connectivity index (χ2n) is 15.2. The van der Waals surface area contributed by atoms with Crippen molar-refractivity contribution < 1.29 is 33.7 Å². The third-order valence-corrected chi connectivity index (χ3v) is 16.6. The van der Waals surface area contributed by atoms with E-state index in [1.165, 1.54) is 0 Å². The molecule has 1 unspecified atom stereocenters. The van der Waals surface area contributed by atoms with Gasteiger partial charge in [-0.2, -0.15) is 0 Å². The van der Waals surface area contributed by atoms with Crippen LogP contribution in [-0.4, -0.2) is 60.8 Å². The second kappa shape index (κ2) is 9.87. The van der Waals surface area contributed by atoms with Crippen molar-refractivity contribution in [3.8, 4) is 0 Å². The Morgan fingerprint density at radius 1 is 1.27 bits per heavy atom. The van der Waals surface area contributed by atoms with Crippen LogP contribution in [0.5, 0.6) is 0 Å². The average molecular weight is 575 g/mol. The van der Waals surface area contributed by atoms with Crippen molar-refractivity contribution in [1.82, 2.24) is 0 Å². The van der Waals surface area contributed by atoms with Gasteiger partial charge < -0.3 is 24.1 Å². The Morgan fingerprint density at radius 2 is 1.98 bits per heavy atom. The van der Waals surface area contributed by atoms with Gasteiger partial charge in [-0.3, -0.25) is 9.59 Å². The number of allylic oxidation sites excluding steroid dienone is 2. The summed E-state index contributed by atoms with van der Waals surface area (Å²) in [4.78, 5) is 27.0. The number of rotatable bonds is 6. The van der Waals surface area contributed by atoms with Gasteiger partial charge in [0.1, 0.15) is 0 Å². The normalized spacial score (nSPS) is 44.1. The zero-order chi connectivity index (χ0) is 29.5. The fourth-order valence-corrected chi connectivity index (χ4v) is 9.96. The first kappa shape index (κ1) is 30.1. The summed E-state index contributed by atoms with van der Waals surface area (Å²) in [7, 11) is -2.18. The predicted molar refractivity (Wildman–Crippen MR) is 155 cm³/mol. The van der Waals surface area contributed by atoms with Crippen LogP contribution in [0.25, 0.3) is 0 Å². The Kier molecular flexibility index (Phi) is 7.43. The van der Waals surface area contributed by atoms with Gasteiger partial charge in [0.2, 0.25) is 0 Å². The van der Waals surface area contributed by atoms with Gasteiger partial charge in [0.15, 0.2) is 31.8 Å². The minimum Gasteiger partial charge on any atom is -0.515 e. The number of carbonyl (C=O) groups is 2. The molecule has 4 aliphatic carbocycles. The Morgan fingerprint density at radius 3 is 2.60 bits per heavy atom. The molecule has 0 bridgehead atoms. The zero-order valence-corrected chi connectivity index (χ0v) is 26.7. The highest BCUT2D eigenvalue weighted by molar-refractivity contribution is 6.74. The van der Waals surface area contributed by atoms with Crippen molar-refractivity contribution in [3.05, 3.63) is 23.5 Å². The number of hydrogen-bond donors (Lipinski definition) is 2. The Hall–Kier alpha value is -1.32. The number of ketones is 2. The fourth-order valence-electron chi connectivity index (χ4n) is 9.03. The Balaban J connectivity index is 1.51. The minimum absolute atomic E-state index is 0.000927. The number of hydrogen-bond acceptors (Lipinski definition) is 7. The van der Waals surface area contributed by atoms with Crippen molar-refractivity contribution in [2.24, 2.45) is 28.6 Å². The lowest BCUT2D eigenvalue weighted by atomic mass is 9.45. The molecule has 40 heavy (non-hydrogen) atoms. The molecule has 5 aliphatic rings. The van der Waals surface area contributed by atoms with E-state index in [1.54, 1.807) is 6.08 Å². The van der Waals surface area contributed by atoms with Crippen LogP contribution >= 0.6 is 0 Å². The lowest BCUT2D eigenvalue weighted by molar-refractivity contribution is -0.202. The maximum absolute atomic E-state index is 14.4. The summed E-state index contributed by atoms with van der Waals surface area (Å²) >= 11 is 0. The molecule has 9 atom stereocenters. The van der Waals surface area contributed by atoms with Crippen molar-refractivity contribution in [3.63, 3.8) is 0 Å². The molecule has 5 rings (SSSR count). The highest BCUT2D eigenvalue weighted by Gasteiger charge is 2.76. The first-order chi connectivity index (χ1) is 18.6. The van der Waals surface area contributed by atoms with Crippen LogP contribution < -0.4 is 0 Å². The lowest BCUT2D eigenvalue weighted by Gasteiger charge is -2.60. The number of fused-ring (bicyclic) bond motifs is 7. The largest absolute Gasteiger partial charge is 0.515 e. The summed E-state index contributed by atoms with van der Waals surface area (Å²) in [6.45, 7) is 17.2. The molecule has 0 spiro atoms. The minimum atomic E-state index is -2.18. The molecule has 0 aromatic rings. The molecule has 2 N–H and O–H groups in total. The van der Waals surface area contributed by atoms with E-state index >= 15 is 0 Å². The first-order valence-corrected chi connectivity index (χ1v) is 18.2. The second-order valence-corrected chi connectivity index (χ2v) is 20.0. The summed E-state index contributed by atoms with van der Waals surface area (Å²) in [5.41, 5.74) is -0.694. The molecule has 0 aromatic carbocycles. The maximum Gasteiger partial charge on any atom is 0.192 e. The van der Waals surface area contributed by atoms with Gasteiger partial charge in [-0.1, -0.05) is 53.5 Å². The molecule has 0 aromatic heterocycles. The first-order valence-electron chi connectivity index (χ1n) is 15.3. The number of carbonyl (C=O) groups excluding carboxylic acids is 2. The van der Waals surface area contributed by atoms with Crippen LogP contribution in [0.3, 0.4) is 0 Å². The smallest absolute Gasteiger partial charge is 0.192 e. The van der Waals surface area contributed by atoms with E-state index in [1.807, 2.05) is 0 Å². The van der Waals surface area contributed by atoms with E-state index < -0.39 is 37.1 Å². The van der Waals surface area contributed by atoms with Gasteiger partial charge in [-0.15, -0.1) is 0 Å². The summed E-state index contributed by atoms with van der Waals surface area (Å²) in [6.07, 6.45) is 5.97. The molecule has 224 valence electrons. The lowest BCUT2D eigenvalue weighted by Crippen LogP contribution is -2.64. The standard InChI is InChI=1S/C32H50O7Si/c1-9-10-27-38-26-14-22-21-12-11-20-13-23(34)19(17-33)15-30(20,5)28(21)24(35)16-31(22,6)32(26,39-27)25(36)18-37-40(7,8)29(2,3)4/h13,17,21-22,24,26-28,33,35H,9-12,14-16,18H2,1-8H3/b19-17+/t21-,22-,24-,26+,27?,28+,30-,31-,32+/m0/s1. The summed E-state index contributed by atoms with van der Waals surface area (Å²) in [5, 5.41) is 21.7. The van der Waals surface area contributed by atoms with E-state index in [4.69, 9.17) is 13.9 Å². The van der Waals surface area contributed by atoms with Gasteiger partial charge in [-0.05, 0) is 85.9 Å². The predicted octanol–water partition coefficient (Wildman–Crippen LogP) is 6.02. The molecule has 8 heteroatoms. The molecule has 0 radical (unpaired) electrons. The number of aliphatic hydroxyl groups excluding tert-OH is 2. The van der Waals surface area contributed by atoms with E-state index in [2.05, 4.69) is 54.6 Å². The van der Waals surface area contributed by atoms with Crippen molar-refractivity contribution in [1.29, 1.82) is 0 Å². The van der Waals surface area contributed by atoms with Crippen LogP contribution in [-0.2, 0) is 23.5 Å². The van der Waals surface area contributed by atoms with Gasteiger partial charge in [0.25, 0.3) is 0 Å². The molecular formula is C32H50O7Si. The highest BCUT2D eigenvalue weighted by atomic mass is 28.4. The Labute approximate surface area is 240 Å². The molecule has 3 saturated carbocycles. The van der Waals surface area contributed by atoms with Crippen LogP contribution in [0.2, 0.25) is 18.1 Å². The molecular weight excluding hydrogens is 524 g/mol. The molecule has 1 saturated heterocycles. The summed E-state index contributed by atoms with van der Waals surface area (Å²) in [6, 6.07) is 0. The van der Waals surface area contributed by atoms with Gasteiger partial charge in [-0.25, -0.2) is 0 Å². The number of ether oxygens (including phenoxy) is 2. The van der Waals surface area contributed by atoms with E-state index in [-0.39, 0.29) is 47.1 Å². The van der Waals surface area contributed by atoms with Crippen LogP contribution in [0.1, 0.15) is 86.5 Å². The fraction of sp³-hybridized carbons (Fsp3) is 0.812. The van der Waals surface area contributed by atoms with Gasteiger partial charge >= 0.3 is 0 Å². The van der Waals surface area contributed by atoms with Crippen LogP contribution in [0.15, 0.2) is 23.5 Å². The molecule has 4 fully saturated rings. The maximum atomic E-state index is 14.4. The SMILES string of the molecule is CCCC1O[C@@H]2C[C@H]3[C@@H]4CCC5=CC(=O)/C(=C/O)C[C@]5(C)[C@H]4[C@@H](O)C[C@]3(C)[C@]2(C(=O)CO[Si](C)(C)C(C)(C)C)O1. The molecule has 1 heterocycles. The number of aliphatic hydroxyl groups is 2. The van der Waals surface area contributed by atoms with Crippen LogP contribution in [0, 0.1) is 28.6 Å². The monoisotopic (exact) mass is 574 g/mol. The van der Waals surface area contributed by atoms with Crippen LogP contribution in [0.4, 0.5) is 0 Å². The topological polar surface area (TPSA) is 102 Å². The van der Waals surface area contributed by atoms with E-state index in [0.717, 1.165) is 37.5 Å². The average Bonchev–Trinajstić information content (AvgIpc) is 3.34. The summed E-state index contributed by atoms with van der Waals surface area (Å²) < 4.78 is 19.8. The molecule has 1 aliphatic heterocycles. The van der Waals surface area contributed by atoms with E-state index in [0.29, 0.717) is 24.8 Å². The zero-order valence-electron chi connectivity index (χ0n) is 25.7. The van der Waals surface area contributed by atoms with Gasteiger partial charge in [0.05, 0.1) is 25.1 Å². The third kappa shape index (κ3) is 4.18. The van der Waals surface area contributed by atoms with Crippen molar-refractivity contribution in [2.75, 3.05) is 6.61 Å². The Bertz CT molecular complexity index is 1120. The van der Waals surface area contributed by atoms with Crippen molar-refractivity contribution >= 4 is 19.9 Å². The van der Waals surface area contributed by atoms with E-state index in [9.17, 15) is 19.8 Å². The molecule has 7 nitrogen and oxygen atoms in total. The van der Waals surface area contributed by atoms with Gasteiger partial charge in [0, 0.05) is 11.0 Å². The number of Topliss-reactive ketones (excluding diaryl/α,β-unsaturated/α-hetero) is 1.